The van der Waals surface area contributed by atoms with Gasteiger partial charge in [0.15, 0.2) is 5.13 Å². The first kappa shape index (κ1) is 35.1. The van der Waals surface area contributed by atoms with Gasteiger partial charge in [-0.05, 0) is 82.9 Å². The van der Waals surface area contributed by atoms with Crippen LogP contribution in [-0.4, -0.2) is 52.1 Å². The summed E-state index contributed by atoms with van der Waals surface area (Å²) in [5.41, 5.74) is 4.08. The lowest BCUT2D eigenvalue weighted by atomic mass is 10.1. The summed E-state index contributed by atoms with van der Waals surface area (Å²) in [7, 11) is 0. The fourth-order valence-corrected chi connectivity index (χ4v) is 6.75. The number of nitrogens with zero attached hydrogens (tertiary/aromatic N) is 4. The Hall–Kier alpha value is -2.09. The highest BCUT2D eigenvalue weighted by atomic mass is 32.2. The molecule has 7 heteroatoms. The molecule has 0 amide bonds. The lowest BCUT2D eigenvalue weighted by molar-refractivity contribution is 0.276. The Morgan fingerprint density at radius 2 is 1.78 bits per heavy atom. The highest BCUT2D eigenvalue weighted by Gasteiger charge is 2.17. The highest BCUT2D eigenvalue weighted by molar-refractivity contribution is 7.97. The molecular weight excluding hydrogens is 543 g/mol. The standard InChI is InChI=1S/C25H36N4S2.C9H19N/c1-5-16-29(7-3)31-23-14-12-21(13-15-23)24(26-17-20-10-8-9-11-20)19(4)28-25-27-18-22(6-2)30-25;1-6-9(5)10(7-2)8(3)4/h12-15,18,20H,4-11,16-17H2,1-3H3,(H,27,28);9H,3,6-7H2,1-2,4-5H3. The van der Waals surface area contributed by atoms with Crippen LogP contribution in [0.25, 0.3) is 0 Å². The van der Waals surface area contributed by atoms with Gasteiger partial charge in [-0.25, -0.2) is 9.29 Å². The van der Waals surface area contributed by atoms with E-state index in [0.717, 1.165) is 54.7 Å². The minimum atomic E-state index is 0.641. The predicted molar refractivity (Wildman–Crippen MR) is 184 cm³/mol. The van der Waals surface area contributed by atoms with Crippen LogP contribution < -0.4 is 5.32 Å². The summed E-state index contributed by atoms with van der Waals surface area (Å²) in [6.07, 6.45) is 10.6. The normalized spacial score (nSPS) is 14.5. The van der Waals surface area contributed by atoms with Crippen LogP contribution in [0.3, 0.4) is 0 Å². The minimum absolute atomic E-state index is 0.641. The molecule has 2 aromatic rings. The minimum Gasteiger partial charge on any atom is -0.373 e. The lowest BCUT2D eigenvalue weighted by Crippen LogP contribution is -2.30. The van der Waals surface area contributed by atoms with Crippen molar-refractivity contribution in [3.63, 3.8) is 0 Å². The predicted octanol–water partition coefficient (Wildman–Crippen LogP) is 9.69. The zero-order chi connectivity index (χ0) is 30.2. The molecule has 1 atom stereocenters. The zero-order valence-corrected chi connectivity index (χ0v) is 28.5. The van der Waals surface area contributed by atoms with Gasteiger partial charge in [-0.3, -0.25) is 4.99 Å². The molecule has 1 N–H and O–H groups in total. The molecule has 1 heterocycles. The molecule has 3 rings (SSSR count). The molecule has 1 aromatic carbocycles. The lowest BCUT2D eigenvalue weighted by Gasteiger charge is -2.29. The Kier molecular flexibility index (Phi) is 16.4. The fourth-order valence-electron chi connectivity index (χ4n) is 5.01. The topological polar surface area (TPSA) is 43.8 Å². The van der Waals surface area contributed by atoms with Crippen LogP contribution >= 0.6 is 23.3 Å². The first-order valence-electron chi connectivity index (χ1n) is 15.7. The Balaban J connectivity index is 0.000000503. The summed E-state index contributed by atoms with van der Waals surface area (Å²) in [5, 5.41) is 4.30. The van der Waals surface area contributed by atoms with E-state index in [-0.39, 0.29) is 0 Å². The number of hydrogen-bond acceptors (Lipinski definition) is 7. The van der Waals surface area contributed by atoms with Gasteiger partial charge in [0, 0.05) is 59.5 Å². The molecule has 1 aromatic heterocycles. The molecule has 228 valence electrons. The van der Waals surface area contributed by atoms with Gasteiger partial charge in [0.25, 0.3) is 0 Å². The van der Waals surface area contributed by atoms with E-state index in [9.17, 15) is 0 Å². The average Bonchev–Trinajstić information content (AvgIpc) is 3.66. The van der Waals surface area contributed by atoms with Crippen molar-refractivity contribution < 1.29 is 0 Å². The highest BCUT2D eigenvalue weighted by Crippen LogP contribution is 2.27. The molecule has 1 saturated carbocycles. The van der Waals surface area contributed by atoms with Gasteiger partial charge in [-0.1, -0.05) is 65.8 Å². The van der Waals surface area contributed by atoms with E-state index in [2.05, 4.69) is 105 Å². The van der Waals surface area contributed by atoms with Gasteiger partial charge >= 0.3 is 0 Å². The second-order valence-corrected chi connectivity index (χ2v) is 13.1. The molecule has 41 heavy (non-hydrogen) atoms. The summed E-state index contributed by atoms with van der Waals surface area (Å²) in [6.45, 7) is 27.6. The molecule has 1 aliphatic carbocycles. The van der Waals surface area contributed by atoms with Gasteiger partial charge in [0.05, 0.1) is 11.4 Å². The van der Waals surface area contributed by atoms with E-state index < -0.39 is 0 Å². The van der Waals surface area contributed by atoms with Crippen LogP contribution in [0.5, 0.6) is 0 Å². The maximum absolute atomic E-state index is 5.05. The third-order valence-corrected chi connectivity index (χ3v) is 9.81. The van der Waals surface area contributed by atoms with E-state index in [0.29, 0.717) is 12.0 Å². The van der Waals surface area contributed by atoms with E-state index in [4.69, 9.17) is 4.99 Å². The van der Waals surface area contributed by atoms with Crippen molar-refractivity contribution >= 4 is 34.1 Å². The van der Waals surface area contributed by atoms with Gasteiger partial charge in [-0.15, -0.1) is 11.3 Å². The second-order valence-electron chi connectivity index (χ2n) is 10.8. The number of anilines is 1. The summed E-state index contributed by atoms with van der Waals surface area (Å²) in [5.74, 6) is 0.705. The number of thiazole rings is 1. The number of rotatable bonds is 16. The molecule has 0 saturated heterocycles. The zero-order valence-electron chi connectivity index (χ0n) is 26.8. The first-order chi connectivity index (χ1) is 19.8. The van der Waals surface area contributed by atoms with Crippen molar-refractivity contribution in [2.45, 2.75) is 104 Å². The Labute approximate surface area is 259 Å². The fraction of sp³-hybridized carbons (Fsp3) is 0.588. The molecule has 0 spiro atoms. The van der Waals surface area contributed by atoms with Crippen LogP contribution in [-0.2, 0) is 6.42 Å². The van der Waals surface area contributed by atoms with Crippen LogP contribution in [0, 0.1) is 5.92 Å². The monoisotopic (exact) mass is 597 g/mol. The van der Waals surface area contributed by atoms with Gasteiger partial charge < -0.3 is 10.2 Å². The molecule has 0 bridgehead atoms. The van der Waals surface area contributed by atoms with Gasteiger partial charge in [-0.2, -0.15) is 0 Å². The Bertz CT molecular complexity index is 1070. The number of benzene rings is 1. The van der Waals surface area contributed by atoms with Crippen molar-refractivity contribution in [2.75, 3.05) is 31.5 Å². The van der Waals surface area contributed by atoms with Crippen LogP contribution in [0.15, 0.2) is 64.9 Å². The molecule has 1 aliphatic rings. The summed E-state index contributed by atoms with van der Waals surface area (Å²) < 4.78 is 2.40. The molecule has 1 unspecified atom stereocenters. The number of nitrogens with one attached hydrogen (secondary N) is 1. The number of aryl methyl sites for hydroxylation is 1. The maximum Gasteiger partial charge on any atom is 0.187 e. The number of aromatic nitrogens is 1. The van der Waals surface area contributed by atoms with E-state index in [1.807, 2.05) is 18.1 Å². The van der Waals surface area contributed by atoms with Crippen molar-refractivity contribution in [3.8, 4) is 0 Å². The molecule has 1 fully saturated rings. The van der Waals surface area contributed by atoms with E-state index in [1.54, 1.807) is 11.3 Å². The Morgan fingerprint density at radius 3 is 2.27 bits per heavy atom. The van der Waals surface area contributed by atoms with Crippen LogP contribution in [0.1, 0.15) is 97.4 Å². The van der Waals surface area contributed by atoms with Crippen molar-refractivity contribution in [1.29, 1.82) is 0 Å². The summed E-state index contributed by atoms with van der Waals surface area (Å²) in [6, 6.07) is 9.41. The third kappa shape index (κ3) is 12.0. The molecule has 0 radical (unpaired) electrons. The average molecular weight is 598 g/mol. The maximum atomic E-state index is 5.05. The Morgan fingerprint density at radius 1 is 1.10 bits per heavy atom. The second kappa shape index (κ2) is 19.2. The van der Waals surface area contributed by atoms with Crippen molar-refractivity contribution in [1.82, 2.24) is 14.2 Å². The third-order valence-electron chi connectivity index (χ3n) is 7.57. The number of aliphatic imine (C=N–C) groups is 1. The van der Waals surface area contributed by atoms with Crippen LogP contribution in [0.2, 0.25) is 0 Å². The van der Waals surface area contributed by atoms with E-state index >= 15 is 0 Å². The number of allylic oxidation sites excluding steroid dienone is 2. The SMILES string of the molecule is C=C(C)N(CC)C(C)CC.C=C(Nc1ncc(CC)s1)C(=NCC1CCCC1)c1ccc(SN(CC)CCC)cc1. The summed E-state index contributed by atoms with van der Waals surface area (Å²) in [4.78, 5) is 14.4. The van der Waals surface area contributed by atoms with Crippen molar-refractivity contribution in [3.05, 3.63) is 65.5 Å². The van der Waals surface area contributed by atoms with E-state index in [1.165, 1.54) is 54.0 Å². The molecule has 0 aliphatic heterocycles. The first-order valence-corrected chi connectivity index (χ1v) is 17.3. The molecular formula is C34H55N5S2. The van der Waals surface area contributed by atoms with Gasteiger partial charge in [0.2, 0.25) is 0 Å². The molecule has 5 nitrogen and oxygen atoms in total. The number of hydrogen-bond donors (Lipinski definition) is 1. The van der Waals surface area contributed by atoms with Crippen molar-refractivity contribution in [2.24, 2.45) is 10.9 Å². The summed E-state index contributed by atoms with van der Waals surface area (Å²) >= 11 is 3.52. The largest absolute Gasteiger partial charge is 0.373 e. The quantitative estimate of drug-likeness (QED) is 0.154. The smallest absolute Gasteiger partial charge is 0.187 e. The van der Waals surface area contributed by atoms with Crippen LogP contribution in [0.4, 0.5) is 5.13 Å². The van der Waals surface area contributed by atoms with Gasteiger partial charge in [0.1, 0.15) is 0 Å².